The predicted octanol–water partition coefficient (Wildman–Crippen LogP) is -1.33. The zero-order valence-electron chi connectivity index (χ0n) is 15.9. The second-order valence-corrected chi connectivity index (χ2v) is 6.81. The van der Waals surface area contributed by atoms with E-state index in [9.17, 15) is 28.4 Å². The molecule has 3 amide bonds. The molecule has 0 bridgehead atoms. The predicted molar refractivity (Wildman–Crippen MR) is 101 cm³/mol. The van der Waals surface area contributed by atoms with Crippen molar-refractivity contribution in [3.05, 3.63) is 61.7 Å². The maximum atomic E-state index is 14.3. The fourth-order valence-electron chi connectivity index (χ4n) is 2.88. The molecule has 1 aliphatic rings. The Hall–Kier alpha value is -3.83. The highest BCUT2D eigenvalue weighted by Gasteiger charge is 2.55. The van der Waals surface area contributed by atoms with Crippen LogP contribution >= 0.6 is 0 Å². The van der Waals surface area contributed by atoms with Crippen molar-refractivity contribution < 1.29 is 18.8 Å². The third kappa shape index (κ3) is 4.26. The van der Waals surface area contributed by atoms with Crippen molar-refractivity contribution in [2.45, 2.75) is 25.9 Å². The van der Waals surface area contributed by atoms with Gasteiger partial charge in [-0.3, -0.25) is 24.2 Å². The third-order valence-corrected chi connectivity index (χ3v) is 4.78. The Bertz CT molecular complexity index is 1120. The lowest BCUT2D eigenvalue weighted by Crippen LogP contribution is -2.41. The van der Waals surface area contributed by atoms with Crippen molar-refractivity contribution in [2.24, 2.45) is 5.41 Å². The summed E-state index contributed by atoms with van der Waals surface area (Å²) in [6, 6.07) is 4.19. The van der Waals surface area contributed by atoms with Gasteiger partial charge in [0.1, 0.15) is 11.2 Å². The van der Waals surface area contributed by atoms with Crippen LogP contribution in [0.4, 0.5) is 4.39 Å². The van der Waals surface area contributed by atoms with Crippen LogP contribution in [0.2, 0.25) is 0 Å². The van der Waals surface area contributed by atoms with E-state index in [4.69, 9.17) is 0 Å². The number of hydrogen-bond donors (Lipinski definition) is 5. The molecule has 1 aromatic heterocycles. The number of carbonyl (C=O) groups excluding carboxylic acids is 3. The first-order valence-corrected chi connectivity index (χ1v) is 9.02. The number of rotatable bonds is 7. The van der Waals surface area contributed by atoms with Crippen LogP contribution in [0.25, 0.3) is 0 Å². The minimum absolute atomic E-state index is 0.0395. The second kappa shape index (κ2) is 8.27. The Kier molecular flexibility index (Phi) is 5.76. The zero-order chi connectivity index (χ0) is 21.9. The SMILES string of the molecule is CNC(=O)C1(C(=O)NCc2ccc(CNC(=O)c3n[nH]c(=O)[nH]c3=O)c(F)c2)CC1. The van der Waals surface area contributed by atoms with E-state index in [1.807, 2.05) is 10.1 Å². The van der Waals surface area contributed by atoms with E-state index in [-0.39, 0.29) is 24.6 Å². The number of nitrogens with zero attached hydrogens (tertiary/aromatic N) is 1. The summed E-state index contributed by atoms with van der Waals surface area (Å²) in [4.78, 5) is 60.3. The summed E-state index contributed by atoms with van der Waals surface area (Å²) < 4.78 is 14.3. The number of aromatic nitrogens is 3. The van der Waals surface area contributed by atoms with Crippen molar-refractivity contribution in [3.63, 3.8) is 0 Å². The second-order valence-electron chi connectivity index (χ2n) is 6.81. The summed E-state index contributed by atoms with van der Waals surface area (Å²) in [5, 5.41) is 12.7. The molecule has 0 atom stereocenters. The third-order valence-electron chi connectivity index (χ3n) is 4.78. The molecule has 0 saturated heterocycles. The van der Waals surface area contributed by atoms with E-state index in [1.54, 1.807) is 6.07 Å². The van der Waals surface area contributed by atoms with Crippen LogP contribution < -0.4 is 27.2 Å². The van der Waals surface area contributed by atoms with Gasteiger partial charge in [0, 0.05) is 25.7 Å². The minimum atomic E-state index is -1.04. The van der Waals surface area contributed by atoms with Crippen LogP contribution in [0.5, 0.6) is 0 Å². The molecule has 1 aliphatic carbocycles. The first-order chi connectivity index (χ1) is 14.3. The van der Waals surface area contributed by atoms with Gasteiger partial charge in [0.05, 0.1) is 0 Å². The molecule has 1 aromatic carbocycles. The smallest absolute Gasteiger partial charge is 0.342 e. The van der Waals surface area contributed by atoms with E-state index in [2.05, 4.69) is 21.0 Å². The highest BCUT2D eigenvalue weighted by atomic mass is 19.1. The van der Waals surface area contributed by atoms with Gasteiger partial charge in [-0.1, -0.05) is 12.1 Å². The lowest BCUT2D eigenvalue weighted by atomic mass is 10.0. The summed E-state index contributed by atoms with van der Waals surface area (Å²) >= 11 is 0. The molecule has 0 unspecified atom stereocenters. The number of nitrogens with one attached hydrogen (secondary N) is 5. The number of aromatic amines is 2. The van der Waals surface area contributed by atoms with Crippen molar-refractivity contribution in [3.8, 4) is 0 Å². The lowest BCUT2D eigenvalue weighted by molar-refractivity contribution is -0.137. The molecule has 0 spiro atoms. The van der Waals surface area contributed by atoms with Gasteiger partial charge in [-0.05, 0) is 24.5 Å². The van der Waals surface area contributed by atoms with Gasteiger partial charge in [-0.15, -0.1) is 0 Å². The van der Waals surface area contributed by atoms with Crippen LogP contribution in [-0.4, -0.2) is 40.0 Å². The Morgan fingerprint density at radius 3 is 2.47 bits per heavy atom. The van der Waals surface area contributed by atoms with Gasteiger partial charge in [0.25, 0.3) is 11.5 Å². The Balaban J connectivity index is 1.58. The summed E-state index contributed by atoms with van der Waals surface area (Å²) in [6.45, 7) is -0.185. The van der Waals surface area contributed by atoms with Gasteiger partial charge in [0.2, 0.25) is 17.5 Å². The molecule has 3 rings (SSSR count). The molecule has 5 N–H and O–H groups in total. The lowest BCUT2D eigenvalue weighted by Gasteiger charge is -2.14. The van der Waals surface area contributed by atoms with Crippen molar-refractivity contribution in [2.75, 3.05) is 7.05 Å². The Labute approximate surface area is 168 Å². The van der Waals surface area contributed by atoms with Crippen molar-refractivity contribution in [1.29, 1.82) is 0 Å². The number of hydrogen-bond acceptors (Lipinski definition) is 6. The average Bonchev–Trinajstić information content (AvgIpc) is 3.52. The van der Waals surface area contributed by atoms with Crippen molar-refractivity contribution in [1.82, 2.24) is 31.1 Å². The summed E-state index contributed by atoms with van der Waals surface area (Å²) in [5.41, 5.74) is -2.79. The average molecular weight is 418 g/mol. The first-order valence-electron chi connectivity index (χ1n) is 9.02. The van der Waals surface area contributed by atoms with Crippen LogP contribution in [0.3, 0.4) is 0 Å². The molecule has 1 heterocycles. The van der Waals surface area contributed by atoms with Crippen LogP contribution in [0.1, 0.15) is 34.5 Å². The van der Waals surface area contributed by atoms with Gasteiger partial charge in [0.15, 0.2) is 0 Å². The van der Waals surface area contributed by atoms with Gasteiger partial charge >= 0.3 is 5.69 Å². The maximum Gasteiger partial charge on any atom is 0.342 e. The zero-order valence-corrected chi connectivity index (χ0v) is 15.9. The number of benzene rings is 1. The van der Waals surface area contributed by atoms with Crippen LogP contribution in [0.15, 0.2) is 27.8 Å². The van der Waals surface area contributed by atoms with Gasteiger partial charge in [-0.2, -0.15) is 5.10 Å². The molecule has 2 aromatic rings. The molecule has 12 heteroatoms. The molecule has 0 radical (unpaired) electrons. The topological polar surface area (TPSA) is 166 Å². The highest BCUT2D eigenvalue weighted by Crippen LogP contribution is 2.46. The normalized spacial score (nSPS) is 13.9. The van der Waals surface area contributed by atoms with E-state index < -0.39 is 40.0 Å². The molecule has 1 saturated carbocycles. The fourth-order valence-corrected chi connectivity index (χ4v) is 2.88. The maximum absolute atomic E-state index is 14.3. The van der Waals surface area contributed by atoms with Crippen molar-refractivity contribution >= 4 is 17.7 Å². The molecule has 30 heavy (non-hydrogen) atoms. The van der Waals surface area contributed by atoms with Gasteiger partial charge in [-0.25, -0.2) is 14.3 Å². The van der Waals surface area contributed by atoms with E-state index >= 15 is 0 Å². The monoisotopic (exact) mass is 418 g/mol. The van der Waals surface area contributed by atoms with E-state index in [0.717, 1.165) is 0 Å². The molecular formula is C18H19FN6O5. The molecule has 1 fully saturated rings. The van der Waals surface area contributed by atoms with Gasteiger partial charge < -0.3 is 16.0 Å². The summed E-state index contributed by atoms with van der Waals surface area (Å²) in [6.07, 6.45) is 0.941. The minimum Gasteiger partial charge on any atom is -0.358 e. The highest BCUT2D eigenvalue weighted by molar-refractivity contribution is 6.07. The molecule has 11 nitrogen and oxygen atoms in total. The van der Waals surface area contributed by atoms with Crippen LogP contribution in [-0.2, 0) is 22.7 Å². The largest absolute Gasteiger partial charge is 0.358 e. The fraction of sp³-hybridized carbons (Fsp3) is 0.333. The first kappa shape index (κ1) is 20.9. The number of halogens is 1. The number of amides is 3. The molecular weight excluding hydrogens is 399 g/mol. The van der Waals surface area contributed by atoms with E-state index in [0.29, 0.717) is 18.4 Å². The Morgan fingerprint density at radius 2 is 1.87 bits per heavy atom. The quantitative estimate of drug-likeness (QED) is 0.349. The number of carbonyl (C=O) groups is 3. The standard InChI is InChI=1S/C18H19FN6O5/c1-20-15(28)18(4-5-18)16(29)22-7-9-2-3-10(11(19)6-9)8-21-13(26)12-14(27)23-17(30)25-24-12/h2-3,6H,4-5,7-8H2,1H3,(H,20,28)(H,21,26)(H,22,29)(H2,23,25,27,30). The summed E-state index contributed by atoms with van der Waals surface area (Å²) in [5.74, 6) is -2.25. The Morgan fingerprint density at radius 1 is 1.13 bits per heavy atom. The summed E-state index contributed by atoms with van der Waals surface area (Å²) in [7, 11) is 1.46. The molecule has 158 valence electrons. The number of H-pyrrole nitrogens is 2. The van der Waals surface area contributed by atoms with E-state index in [1.165, 1.54) is 19.2 Å². The van der Waals surface area contributed by atoms with Crippen LogP contribution in [0, 0.1) is 11.2 Å². The molecule has 0 aliphatic heterocycles.